The molecule has 2 aromatic heterocycles. The second-order valence-corrected chi connectivity index (χ2v) is 7.29. The minimum atomic E-state index is -0.242. The van der Waals surface area contributed by atoms with Crippen LogP contribution < -0.4 is 5.32 Å². The topological polar surface area (TPSA) is 42.2 Å². The Morgan fingerprint density at radius 1 is 0.964 bits per heavy atom. The summed E-state index contributed by atoms with van der Waals surface area (Å²) in [6, 6.07) is 16.7. The van der Waals surface area contributed by atoms with Crippen molar-refractivity contribution < 1.29 is 4.39 Å². The molecular formula is C23H21FN4. The van der Waals surface area contributed by atoms with Gasteiger partial charge in [0.25, 0.3) is 0 Å². The summed E-state index contributed by atoms with van der Waals surface area (Å²) in [5, 5.41) is 8.32. The summed E-state index contributed by atoms with van der Waals surface area (Å²) in [5.41, 5.74) is 7.20. The third kappa shape index (κ3) is 2.83. The zero-order valence-corrected chi connectivity index (χ0v) is 15.7. The fourth-order valence-corrected chi connectivity index (χ4v) is 4.04. The Hall–Kier alpha value is -3.21. The van der Waals surface area contributed by atoms with E-state index in [0.29, 0.717) is 0 Å². The molecule has 0 spiro atoms. The van der Waals surface area contributed by atoms with Gasteiger partial charge in [-0.05, 0) is 62.4 Å². The lowest BCUT2D eigenvalue weighted by Gasteiger charge is -2.20. The Morgan fingerprint density at radius 2 is 1.71 bits per heavy atom. The Morgan fingerprint density at radius 3 is 2.50 bits per heavy atom. The number of hydrogen-bond acceptors (Lipinski definition) is 3. The first-order valence-electron chi connectivity index (χ1n) is 9.70. The van der Waals surface area contributed by atoms with Gasteiger partial charge in [0, 0.05) is 22.5 Å². The van der Waals surface area contributed by atoms with Crippen molar-refractivity contribution in [3.8, 4) is 11.1 Å². The van der Waals surface area contributed by atoms with Crippen LogP contribution in [0.5, 0.6) is 0 Å². The summed E-state index contributed by atoms with van der Waals surface area (Å²) in [5.74, 6) is 0.699. The summed E-state index contributed by atoms with van der Waals surface area (Å²) < 4.78 is 15.3. The molecule has 1 aliphatic carbocycles. The molecule has 0 aliphatic heterocycles. The van der Waals surface area contributed by atoms with Crippen molar-refractivity contribution in [1.29, 1.82) is 0 Å². The Balaban J connectivity index is 1.74. The van der Waals surface area contributed by atoms with Crippen LogP contribution in [0.25, 0.3) is 16.8 Å². The lowest BCUT2D eigenvalue weighted by molar-refractivity contribution is 0.628. The minimum absolute atomic E-state index is 0.242. The number of rotatable bonds is 3. The smallest absolute Gasteiger partial charge is 0.165 e. The third-order valence-corrected chi connectivity index (χ3v) is 5.38. The number of aromatic nitrogens is 3. The fraction of sp³-hybridized carbons (Fsp3) is 0.217. The van der Waals surface area contributed by atoms with E-state index in [1.165, 1.54) is 17.7 Å². The average Bonchev–Trinajstić information content (AvgIpc) is 3.05. The van der Waals surface area contributed by atoms with E-state index in [1.54, 1.807) is 12.1 Å². The summed E-state index contributed by atoms with van der Waals surface area (Å²) in [7, 11) is 0. The molecule has 0 saturated carbocycles. The first-order chi connectivity index (χ1) is 13.7. The second kappa shape index (κ2) is 6.75. The third-order valence-electron chi connectivity index (χ3n) is 5.38. The van der Waals surface area contributed by atoms with Gasteiger partial charge < -0.3 is 5.32 Å². The van der Waals surface area contributed by atoms with Crippen LogP contribution in [-0.2, 0) is 12.8 Å². The molecule has 5 rings (SSSR count). The van der Waals surface area contributed by atoms with Gasteiger partial charge in [0.1, 0.15) is 11.6 Å². The van der Waals surface area contributed by atoms with Gasteiger partial charge in [-0.25, -0.2) is 9.37 Å². The maximum Gasteiger partial charge on any atom is 0.165 e. The van der Waals surface area contributed by atoms with E-state index in [1.807, 2.05) is 29.6 Å². The molecule has 5 heteroatoms. The fourth-order valence-electron chi connectivity index (χ4n) is 4.04. The number of fused-ring (bicyclic) bond motifs is 2. The Labute approximate surface area is 163 Å². The largest absolute Gasteiger partial charge is 0.340 e. The van der Waals surface area contributed by atoms with Crippen molar-refractivity contribution in [2.45, 2.75) is 32.6 Å². The molecule has 0 atom stereocenters. The van der Waals surface area contributed by atoms with E-state index in [-0.39, 0.29) is 5.82 Å². The van der Waals surface area contributed by atoms with Crippen LogP contribution in [0, 0.1) is 12.7 Å². The second-order valence-electron chi connectivity index (χ2n) is 7.29. The number of halogens is 1. The molecule has 4 aromatic rings. The standard InChI is InChI=1S/C23H21FN4/c1-15-21(16-7-3-2-4-8-16)23-26-20-10-6-5-9-19(20)22(28(23)27-15)25-18-13-11-17(24)12-14-18/h2-4,7-8,11-14,25H,5-6,9-10H2,1H3. The molecule has 1 N–H and O–H groups in total. The highest BCUT2D eigenvalue weighted by atomic mass is 19.1. The molecule has 0 unspecified atom stereocenters. The van der Waals surface area contributed by atoms with E-state index < -0.39 is 0 Å². The van der Waals surface area contributed by atoms with Gasteiger partial charge in [-0.2, -0.15) is 9.61 Å². The van der Waals surface area contributed by atoms with Gasteiger partial charge in [-0.15, -0.1) is 0 Å². The van der Waals surface area contributed by atoms with Crippen LogP contribution >= 0.6 is 0 Å². The average molecular weight is 372 g/mol. The number of nitrogens with one attached hydrogen (secondary N) is 1. The molecule has 2 heterocycles. The normalized spacial score (nSPS) is 13.5. The van der Waals surface area contributed by atoms with Crippen LogP contribution in [0.4, 0.5) is 15.9 Å². The van der Waals surface area contributed by atoms with Gasteiger partial charge in [0.2, 0.25) is 0 Å². The highest BCUT2D eigenvalue weighted by molar-refractivity contribution is 5.82. The zero-order chi connectivity index (χ0) is 19.1. The van der Waals surface area contributed by atoms with Gasteiger partial charge >= 0.3 is 0 Å². The van der Waals surface area contributed by atoms with Gasteiger partial charge in [-0.3, -0.25) is 0 Å². The van der Waals surface area contributed by atoms with Crippen molar-refractivity contribution in [3.05, 3.63) is 77.4 Å². The van der Waals surface area contributed by atoms with Crippen LogP contribution in [0.2, 0.25) is 0 Å². The summed E-state index contributed by atoms with van der Waals surface area (Å²) >= 11 is 0. The van der Waals surface area contributed by atoms with Crippen molar-refractivity contribution in [2.75, 3.05) is 5.32 Å². The molecule has 0 bridgehead atoms. The van der Waals surface area contributed by atoms with Gasteiger partial charge in [0.05, 0.1) is 5.69 Å². The highest BCUT2D eigenvalue weighted by Crippen LogP contribution is 2.34. The molecule has 0 fully saturated rings. The van der Waals surface area contributed by atoms with Crippen molar-refractivity contribution >= 4 is 17.2 Å². The number of benzene rings is 2. The molecule has 0 radical (unpaired) electrons. The maximum atomic E-state index is 13.3. The molecule has 28 heavy (non-hydrogen) atoms. The van der Waals surface area contributed by atoms with Crippen molar-refractivity contribution in [1.82, 2.24) is 14.6 Å². The lowest BCUT2D eigenvalue weighted by Crippen LogP contribution is -2.13. The van der Waals surface area contributed by atoms with Gasteiger partial charge in [0.15, 0.2) is 5.65 Å². The van der Waals surface area contributed by atoms with Crippen LogP contribution in [0.15, 0.2) is 54.6 Å². The molecule has 1 aliphatic rings. The molecule has 0 saturated heterocycles. The first-order valence-corrected chi connectivity index (χ1v) is 9.70. The van der Waals surface area contributed by atoms with E-state index in [0.717, 1.165) is 65.4 Å². The molecule has 0 amide bonds. The summed E-state index contributed by atoms with van der Waals surface area (Å²) in [6.07, 6.45) is 4.24. The monoisotopic (exact) mass is 372 g/mol. The predicted molar refractivity (Wildman–Crippen MR) is 109 cm³/mol. The van der Waals surface area contributed by atoms with Crippen molar-refractivity contribution in [2.24, 2.45) is 0 Å². The Kier molecular flexibility index (Phi) is 4.08. The molecule has 2 aromatic carbocycles. The molecular weight excluding hydrogens is 351 g/mol. The van der Waals surface area contributed by atoms with E-state index >= 15 is 0 Å². The Bertz CT molecular complexity index is 1150. The number of hydrogen-bond donors (Lipinski definition) is 1. The van der Waals surface area contributed by atoms with E-state index in [9.17, 15) is 4.39 Å². The minimum Gasteiger partial charge on any atom is -0.340 e. The number of anilines is 2. The summed E-state index contributed by atoms with van der Waals surface area (Å²) in [4.78, 5) is 5.03. The number of nitrogens with zero attached hydrogens (tertiary/aromatic N) is 3. The van der Waals surface area contributed by atoms with E-state index in [4.69, 9.17) is 10.1 Å². The lowest BCUT2D eigenvalue weighted by atomic mass is 9.96. The van der Waals surface area contributed by atoms with Gasteiger partial charge in [-0.1, -0.05) is 30.3 Å². The van der Waals surface area contributed by atoms with E-state index in [2.05, 4.69) is 17.4 Å². The summed E-state index contributed by atoms with van der Waals surface area (Å²) in [6.45, 7) is 2.03. The quantitative estimate of drug-likeness (QED) is 0.519. The predicted octanol–water partition coefficient (Wildman–Crippen LogP) is 5.47. The first kappa shape index (κ1) is 16.9. The van der Waals surface area contributed by atoms with Crippen LogP contribution in [0.3, 0.4) is 0 Å². The number of aryl methyl sites for hydroxylation is 2. The molecule has 140 valence electrons. The van der Waals surface area contributed by atoms with Crippen LogP contribution in [-0.4, -0.2) is 14.6 Å². The highest BCUT2D eigenvalue weighted by Gasteiger charge is 2.23. The maximum absolute atomic E-state index is 13.3. The van der Waals surface area contributed by atoms with Crippen LogP contribution in [0.1, 0.15) is 29.8 Å². The SMILES string of the molecule is Cc1nn2c(Nc3ccc(F)cc3)c3c(nc2c1-c1ccccc1)CCCC3. The zero-order valence-electron chi connectivity index (χ0n) is 15.7. The van der Waals surface area contributed by atoms with Crippen molar-refractivity contribution in [3.63, 3.8) is 0 Å². The molecule has 4 nitrogen and oxygen atoms in total.